The third kappa shape index (κ3) is 2.96. The van der Waals surface area contributed by atoms with Crippen molar-refractivity contribution in [2.45, 2.75) is 6.92 Å². The smallest absolute Gasteiger partial charge is 0.188 e. The fraction of sp³-hybridized carbons (Fsp3) is 0.0714. The number of anilines is 2. The van der Waals surface area contributed by atoms with Gasteiger partial charge in [-0.1, -0.05) is 6.07 Å². The molecule has 4 nitrogen and oxygen atoms in total. The molecule has 0 aliphatic heterocycles. The summed E-state index contributed by atoms with van der Waals surface area (Å²) in [6.07, 6.45) is 3.61. The van der Waals surface area contributed by atoms with Crippen molar-refractivity contribution in [3.05, 3.63) is 51.2 Å². The summed E-state index contributed by atoms with van der Waals surface area (Å²) in [5.74, 6) is 0.840. The number of thiazole rings is 1. The minimum Gasteiger partial charge on any atom is -0.316 e. The lowest BCUT2D eigenvalue weighted by molar-refractivity contribution is 1.22. The zero-order chi connectivity index (χ0) is 13.9. The van der Waals surface area contributed by atoms with Gasteiger partial charge in [-0.3, -0.25) is 4.98 Å². The molecule has 1 N–H and O–H groups in total. The Labute approximate surface area is 134 Å². The third-order valence-electron chi connectivity index (χ3n) is 2.70. The Morgan fingerprint density at radius 3 is 2.85 bits per heavy atom. The van der Waals surface area contributed by atoms with Gasteiger partial charge in [-0.15, -0.1) is 11.3 Å². The van der Waals surface area contributed by atoms with Gasteiger partial charge in [0, 0.05) is 21.3 Å². The molecule has 0 atom stereocenters. The van der Waals surface area contributed by atoms with E-state index in [4.69, 9.17) is 0 Å². The summed E-state index contributed by atoms with van der Waals surface area (Å²) in [4.78, 5) is 13.2. The SMILES string of the molecule is Cc1cc(I)cnc1Nc1nc(-c2ccccn2)cs1. The van der Waals surface area contributed by atoms with Crippen LogP contribution in [-0.2, 0) is 0 Å². The summed E-state index contributed by atoms with van der Waals surface area (Å²) in [6.45, 7) is 2.03. The molecule has 0 spiro atoms. The first-order valence-corrected chi connectivity index (χ1v) is 7.94. The van der Waals surface area contributed by atoms with Gasteiger partial charge in [-0.25, -0.2) is 9.97 Å². The number of hydrogen-bond acceptors (Lipinski definition) is 5. The van der Waals surface area contributed by atoms with Crippen LogP contribution in [0, 0.1) is 10.5 Å². The molecule has 3 aromatic heterocycles. The van der Waals surface area contributed by atoms with Crippen molar-refractivity contribution in [1.29, 1.82) is 0 Å². The summed E-state index contributed by atoms with van der Waals surface area (Å²) < 4.78 is 1.12. The van der Waals surface area contributed by atoms with Crippen LogP contribution in [0.5, 0.6) is 0 Å². The monoisotopic (exact) mass is 394 g/mol. The van der Waals surface area contributed by atoms with E-state index in [0.29, 0.717) is 0 Å². The van der Waals surface area contributed by atoms with Crippen LogP contribution in [0.3, 0.4) is 0 Å². The summed E-state index contributed by atoms with van der Waals surface area (Å²) >= 11 is 3.80. The molecule has 3 rings (SSSR count). The van der Waals surface area contributed by atoms with Crippen LogP contribution < -0.4 is 5.32 Å². The lowest BCUT2D eigenvalue weighted by Gasteiger charge is -2.05. The van der Waals surface area contributed by atoms with Crippen molar-refractivity contribution < 1.29 is 0 Å². The molecule has 3 aromatic rings. The molecule has 0 aliphatic rings. The van der Waals surface area contributed by atoms with Crippen LogP contribution in [0.15, 0.2) is 42.0 Å². The van der Waals surface area contributed by atoms with Gasteiger partial charge in [0.1, 0.15) is 11.5 Å². The zero-order valence-corrected chi connectivity index (χ0v) is 13.6. The molecule has 0 radical (unpaired) electrons. The Morgan fingerprint density at radius 2 is 2.10 bits per heavy atom. The molecule has 0 bridgehead atoms. The van der Waals surface area contributed by atoms with Crippen molar-refractivity contribution in [2.24, 2.45) is 0 Å². The number of nitrogens with zero attached hydrogens (tertiary/aromatic N) is 3. The molecule has 100 valence electrons. The van der Waals surface area contributed by atoms with Gasteiger partial charge in [-0.05, 0) is 53.3 Å². The fourth-order valence-electron chi connectivity index (χ4n) is 1.74. The molecule has 0 saturated heterocycles. The highest BCUT2D eigenvalue weighted by atomic mass is 127. The van der Waals surface area contributed by atoms with Gasteiger partial charge in [0.2, 0.25) is 0 Å². The summed E-state index contributed by atoms with van der Waals surface area (Å²) in [6, 6.07) is 7.89. The Hall–Kier alpha value is -1.54. The van der Waals surface area contributed by atoms with Gasteiger partial charge >= 0.3 is 0 Å². The Morgan fingerprint density at radius 1 is 1.20 bits per heavy atom. The lowest BCUT2D eigenvalue weighted by Crippen LogP contribution is -1.96. The number of rotatable bonds is 3. The highest BCUT2D eigenvalue weighted by Gasteiger charge is 2.07. The predicted octanol–water partition coefficient (Wildman–Crippen LogP) is 4.26. The quantitative estimate of drug-likeness (QED) is 0.675. The number of pyridine rings is 2. The van der Waals surface area contributed by atoms with E-state index in [9.17, 15) is 0 Å². The Balaban J connectivity index is 1.84. The van der Waals surface area contributed by atoms with Gasteiger partial charge < -0.3 is 5.32 Å². The van der Waals surface area contributed by atoms with E-state index in [0.717, 1.165) is 31.5 Å². The topological polar surface area (TPSA) is 50.7 Å². The zero-order valence-electron chi connectivity index (χ0n) is 10.7. The molecule has 6 heteroatoms. The predicted molar refractivity (Wildman–Crippen MR) is 90.3 cm³/mol. The fourth-order valence-corrected chi connectivity index (χ4v) is 3.05. The number of halogens is 1. The average molecular weight is 394 g/mol. The van der Waals surface area contributed by atoms with Crippen LogP contribution in [0.4, 0.5) is 10.9 Å². The molecule has 3 heterocycles. The van der Waals surface area contributed by atoms with Crippen LogP contribution in [0.1, 0.15) is 5.56 Å². The van der Waals surface area contributed by atoms with Gasteiger partial charge in [0.05, 0.1) is 5.69 Å². The van der Waals surface area contributed by atoms with Crippen LogP contribution in [0.25, 0.3) is 11.4 Å². The summed E-state index contributed by atoms with van der Waals surface area (Å²) in [7, 11) is 0. The third-order valence-corrected chi connectivity index (χ3v) is 4.05. The maximum Gasteiger partial charge on any atom is 0.188 e. The number of aromatic nitrogens is 3. The molecule has 0 aromatic carbocycles. The van der Waals surface area contributed by atoms with E-state index < -0.39 is 0 Å². The standard InChI is InChI=1S/C14H11IN4S/c1-9-6-10(15)7-17-13(9)19-14-18-12(8-20-14)11-4-2-3-5-16-11/h2-8H,1H3,(H,17,18,19). The molecule has 0 amide bonds. The second-order valence-corrected chi connectivity index (χ2v) is 6.30. The van der Waals surface area contributed by atoms with E-state index >= 15 is 0 Å². The van der Waals surface area contributed by atoms with Crippen molar-refractivity contribution in [3.8, 4) is 11.4 Å². The maximum atomic E-state index is 4.54. The van der Waals surface area contributed by atoms with Gasteiger partial charge in [-0.2, -0.15) is 0 Å². The number of aryl methyl sites for hydroxylation is 1. The van der Waals surface area contributed by atoms with Crippen LogP contribution in [0.2, 0.25) is 0 Å². The normalized spacial score (nSPS) is 10.5. The highest BCUT2D eigenvalue weighted by molar-refractivity contribution is 14.1. The second kappa shape index (κ2) is 5.84. The minimum absolute atomic E-state index is 0.822. The molecule has 0 saturated carbocycles. The van der Waals surface area contributed by atoms with E-state index in [1.165, 1.54) is 0 Å². The van der Waals surface area contributed by atoms with Crippen molar-refractivity contribution in [2.75, 3.05) is 5.32 Å². The lowest BCUT2D eigenvalue weighted by atomic mass is 10.3. The number of hydrogen-bond donors (Lipinski definition) is 1. The van der Waals surface area contributed by atoms with Crippen molar-refractivity contribution in [3.63, 3.8) is 0 Å². The molecule has 20 heavy (non-hydrogen) atoms. The summed E-state index contributed by atoms with van der Waals surface area (Å²) in [5.41, 5.74) is 2.86. The first kappa shape index (κ1) is 13.4. The second-order valence-electron chi connectivity index (χ2n) is 4.20. The Kier molecular flexibility index (Phi) is 3.93. The first-order chi connectivity index (χ1) is 9.72. The van der Waals surface area contributed by atoms with Crippen molar-refractivity contribution >= 4 is 44.9 Å². The maximum absolute atomic E-state index is 4.54. The van der Waals surface area contributed by atoms with Gasteiger partial charge in [0.25, 0.3) is 0 Å². The molecule has 0 fully saturated rings. The van der Waals surface area contributed by atoms with E-state index in [2.05, 4.69) is 48.9 Å². The highest BCUT2D eigenvalue weighted by Crippen LogP contribution is 2.26. The average Bonchev–Trinajstić information content (AvgIpc) is 2.92. The molecule has 0 aliphatic carbocycles. The van der Waals surface area contributed by atoms with E-state index in [1.54, 1.807) is 17.5 Å². The molecule has 0 unspecified atom stereocenters. The van der Waals surface area contributed by atoms with Gasteiger partial charge in [0.15, 0.2) is 5.13 Å². The minimum atomic E-state index is 0.822. The van der Waals surface area contributed by atoms with E-state index in [1.807, 2.05) is 36.7 Å². The van der Waals surface area contributed by atoms with Crippen molar-refractivity contribution in [1.82, 2.24) is 15.0 Å². The van der Waals surface area contributed by atoms with Crippen LogP contribution in [-0.4, -0.2) is 15.0 Å². The van der Waals surface area contributed by atoms with E-state index in [-0.39, 0.29) is 0 Å². The first-order valence-electron chi connectivity index (χ1n) is 5.98. The molecular weight excluding hydrogens is 383 g/mol. The molecular formula is C14H11IN4S. The summed E-state index contributed by atoms with van der Waals surface area (Å²) in [5, 5.41) is 6.07. The number of nitrogens with one attached hydrogen (secondary N) is 1. The Bertz CT molecular complexity index is 727. The van der Waals surface area contributed by atoms with Crippen LogP contribution >= 0.6 is 33.9 Å². The largest absolute Gasteiger partial charge is 0.316 e.